The van der Waals surface area contributed by atoms with E-state index in [1.807, 2.05) is 0 Å². The molecule has 1 aliphatic heterocycles. The Hall–Kier alpha value is -0.410. The van der Waals surface area contributed by atoms with Crippen molar-refractivity contribution in [2.75, 3.05) is 40.3 Å². The highest BCUT2D eigenvalue weighted by Gasteiger charge is 2.04. The minimum atomic E-state index is 0.995. The zero-order chi connectivity index (χ0) is 9.52. The molecule has 0 aliphatic carbocycles. The van der Waals surface area contributed by atoms with Crippen LogP contribution in [-0.4, -0.2) is 50.9 Å². The van der Waals surface area contributed by atoms with E-state index in [0.717, 1.165) is 26.2 Å². The molecule has 3 heteroatoms. The molecule has 3 nitrogen and oxygen atoms in total. The second-order valence-corrected chi connectivity index (χ2v) is 3.89. The van der Waals surface area contributed by atoms with Crippen molar-refractivity contribution in [3.8, 4) is 0 Å². The maximum atomic E-state index is 4.58. The largest absolute Gasteiger partial charge is 0.311 e. The summed E-state index contributed by atoms with van der Waals surface area (Å²) in [4.78, 5) is 6.79. The fourth-order valence-electron chi connectivity index (χ4n) is 1.50. The monoisotopic (exact) mass is 183 g/mol. The van der Waals surface area contributed by atoms with Gasteiger partial charge < -0.3 is 10.2 Å². The quantitative estimate of drug-likeness (QED) is 0.652. The molecule has 0 spiro atoms. The molecular formula is C10H21N3. The highest BCUT2D eigenvalue weighted by molar-refractivity contribution is 5.86. The van der Waals surface area contributed by atoms with Crippen molar-refractivity contribution in [2.24, 2.45) is 4.99 Å². The van der Waals surface area contributed by atoms with Crippen molar-refractivity contribution in [2.45, 2.75) is 19.3 Å². The van der Waals surface area contributed by atoms with Gasteiger partial charge in [0, 0.05) is 18.8 Å². The molecule has 1 N–H and O–H groups in total. The van der Waals surface area contributed by atoms with E-state index in [9.17, 15) is 0 Å². The summed E-state index contributed by atoms with van der Waals surface area (Å²) in [5, 5.41) is 3.34. The van der Waals surface area contributed by atoms with Crippen molar-refractivity contribution in [3.63, 3.8) is 0 Å². The lowest BCUT2D eigenvalue weighted by Gasteiger charge is -2.14. The number of hydrogen-bond donors (Lipinski definition) is 1. The predicted octanol–water partition coefficient (Wildman–Crippen LogP) is 0.762. The lowest BCUT2D eigenvalue weighted by atomic mass is 10.1. The molecule has 0 atom stereocenters. The maximum Gasteiger partial charge on any atom is 0.0401 e. The molecule has 13 heavy (non-hydrogen) atoms. The highest BCUT2D eigenvalue weighted by Crippen LogP contribution is 1.98. The standard InChI is InChI=1S/C10H21N3/c1-13(2)8-4-7-12-10-5-3-6-11-9-10/h11H,3-9H2,1-2H3. The van der Waals surface area contributed by atoms with Crippen molar-refractivity contribution in [1.29, 1.82) is 0 Å². The first-order valence-corrected chi connectivity index (χ1v) is 5.16. The Labute approximate surface area is 81.2 Å². The van der Waals surface area contributed by atoms with E-state index in [0.29, 0.717) is 0 Å². The first kappa shape index (κ1) is 10.7. The van der Waals surface area contributed by atoms with Gasteiger partial charge in [-0.05, 0) is 46.4 Å². The SMILES string of the molecule is CN(C)CCCN=C1CCCNC1. The van der Waals surface area contributed by atoms with Crippen LogP contribution in [-0.2, 0) is 0 Å². The van der Waals surface area contributed by atoms with Gasteiger partial charge in [0.1, 0.15) is 0 Å². The number of nitrogens with one attached hydrogen (secondary N) is 1. The summed E-state index contributed by atoms with van der Waals surface area (Å²) in [6, 6.07) is 0. The topological polar surface area (TPSA) is 27.6 Å². The summed E-state index contributed by atoms with van der Waals surface area (Å²) in [6.45, 7) is 4.32. The third-order valence-electron chi connectivity index (χ3n) is 2.25. The molecular weight excluding hydrogens is 162 g/mol. The maximum absolute atomic E-state index is 4.58. The molecule has 0 aromatic carbocycles. The van der Waals surface area contributed by atoms with Gasteiger partial charge in [0.2, 0.25) is 0 Å². The van der Waals surface area contributed by atoms with Gasteiger partial charge in [0.05, 0.1) is 0 Å². The summed E-state index contributed by atoms with van der Waals surface area (Å²) in [7, 11) is 4.21. The summed E-state index contributed by atoms with van der Waals surface area (Å²) < 4.78 is 0. The number of nitrogens with zero attached hydrogens (tertiary/aromatic N) is 2. The van der Waals surface area contributed by atoms with Crippen molar-refractivity contribution >= 4 is 5.71 Å². The van der Waals surface area contributed by atoms with Crippen LogP contribution < -0.4 is 5.32 Å². The lowest BCUT2D eigenvalue weighted by molar-refractivity contribution is 0.403. The van der Waals surface area contributed by atoms with Crippen molar-refractivity contribution in [1.82, 2.24) is 10.2 Å². The van der Waals surface area contributed by atoms with Gasteiger partial charge in [-0.3, -0.25) is 4.99 Å². The minimum absolute atomic E-state index is 0.995. The normalized spacial score (nSPS) is 21.3. The molecule has 0 unspecified atom stereocenters. The first-order chi connectivity index (χ1) is 6.29. The Balaban J connectivity index is 2.08. The molecule has 1 heterocycles. The Kier molecular flexibility index (Phi) is 5.01. The van der Waals surface area contributed by atoms with E-state index < -0.39 is 0 Å². The molecule has 76 valence electrons. The summed E-state index contributed by atoms with van der Waals surface area (Å²) >= 11 is 0. The van der Waals surface area contributed by atoms with Gasteiger partial charge in [0.25, 0.3) is 0 Å². The summed E-state index contributed by atoms with van der Waals surface area (Å²) in [6.07, 6.45) is 3.64. The van der Waals surface area contributed by atoms with Gasteiger partial charge in [-0.1, -0.05) is 0 Å². The Morgan fingerprint density at radius 2 is 2.31 bits per heavy atom. The lowest BCUT2D eigenvalue weighted by Crippen LogP contribution is -2.30. The van der Waals surface area contributed by atoms with E-state index in [2.05, 4.69) is 29.3 Å². The summed E-state index contributed by atoms with van der Waals surface area (Å²) in [5.41, 5.74) is 1.37. The second-order valence-electron chi connectivity index (χ2n) is 3.89. The molecule has 0 amide bonds. The fourth-order valence-corrected chi connectivity index (χ4v) is 1.50. The third kappa shape index (κ3) is 5.01. The molecule has 0 aromatic rings. The van der Waals surface area contributed by atoms with Gasteiger partial charge in [-0.2, -0.15) is 0 Å². The molecule has 0 aromatic heterocycles. The fraction of sp³-hybridized carbons (Fsp3) is 0.900. The van der Waals surface area contributed by atoms with Crippen LogP contribution in [0.4, 0.5) is 0 Å². The number of aliphatic imine (C=N–C) groups is 1. The van der Waals surface area contributed by atoms with Gasteiger partial charge >= 0.3 is 0 Å². The van der Waals surface area contributed by atoms with Gasteiger partial charge in [0.15, 0.2) is 0 Å². The number of rotatable bonds is 4. The molecule has 1 fully saturated rings. The molecule has 0 saturated carbocycles. The van der Waals surface area contributed by atoms with E-state index in [-0.39, 0.29) is 0 Å². The van der Waals surface area contributed by atoms with Crippen LogP contribution in [0, 0.1) is 0 Å². The van der Waals surface area contributed by atoms with E-state index >= 15 is 0 Å². The highest BCUT2D eigenvalue weighted by atomic mass is 15.0. The van der Waals surface area contributed by atoms with Crippen LogP contribution in [0.25, 0.3) is 0 Å². The molecule has 0 radical (unpaired) electrons. The average molecular weight is 183 g/mol. The first-order valence-electron chi connectivity index (χ1n) is 5.16. The molecule has 1 aliphatic rings. The number of piperidine rings is 1. The van der Waals surface area contributed by atoms with Gasteiger partial charge in [-0.15, -0.1) is 0 Å². The second kappa shape index (κ2) is 6.11. The zero-order valence-electron chi connectivity index (χ0n) is 8.84. The van der Waals surface area contributed by atoms with E-state index in [4.69, 9.17) is 0 Å². The summed E-state index contributed by atoms with van der Waals surface area (Å²) in [5.74, 6) is 0. The van der Waals surface area contributed by atoms with E-state index in [1.165, 1.54) is 25.0 Å². The Morgan fingerprint density at radius 1 is 1.46 bits per heavy atom. The van der Waals surface area contributed by atoms with Crippen LogP contribution in [0.5, 0.6) is 0 Å². The third-order valence-corrected chi connectivity index (χ3v) is 2.25. The minimum Gasteiger partial charge on any atom is -0.311 e. The van der Waals surface area contributed by atoms with Gasteiger partial charge in [-0.25, -0.2) is 0 Å². The molecule has 1 saturated heterocycles. The van der Waals surface area contributed by atoms with Crippen molar-refractivity contribution in [3.05, 3.63) is 0 Å². The van der Waals surface area contributed by atoms with Crippen LogP contribution in [0.3, 0.4) is 0 Å². The Bertz CT molecular complexity index is 156. The Morgan fingerprint density at radius 3 is 2.92 bits per heavy atom. The van der Waals surface area contributed by atoms with Crippen LogP contribution in [0.1, 0.15) is 19.3 Å². The smallest absolute Gasteiger partial charge is 0.0401 e. The molecule has 1 rings (SSSR count). The number of hydrogen-bond acceptors (Lipinski definition) is 3. The van der Waals surface area contributed by atoms with E-state index in [1.54, 1.807) is 0 Å². The van der Waals surface area contributed by atoms with Crippen LogP contribution >= 0.6 is 0 Å². The van der Waals surface area contributed by atoms with Crippen LogP contribution in [0.2, 0.25) is 0 Å². The van der Waals surface area contributed by atoms with Crippen molar-refractivity contribution < 1.29 is 0 Å². The van der Waals surface area contributed by atoms with Crippen LogP contribution in [0.15, 0.2) is 4.99 Å². The molecule has 0 bridgehead atoms. The zero-order valence-corrected chi connectivity index (χ0v) is 8.84. The predicted molar refractivity (Wildman–Crippen MR) is 57.6 cm³/mol. The average Bonchev–Trinajstić information content (AvgIpc) is 2.14.